The fourth-order valence-electron chi connectivity index (χ4n) is 4.33. The number of carbonyl (C=O) groups excluding carboxylic acids is 2. The van der Waals surface area contributed by atoms with Crippen molar-refractivity contribution in [1.82, 2.24) is 30.6 Å². The standard InChI is InChI=1S/C29H37N7O3/c1-19(2)27(37)32-23-16-35(11-12-39-18-23)26-15-30-10-9-24(26)21-7-8-22(20(3)13-21)14-31-28(38)25-17-36(34-33-25)29(4,5)6/h7-10,13,15,17,23H,1,11-12,14,16,18H2,2-6H3,(H,31,38)(H,32,37). The second-order valence-corrected chi connectivity index (χ2v) is 10.9. The smallest absolute Gasteiger partial charge is 0.273 e. The van der Waals surface area contributed by atoms with Crippen molar-refractivity contribution in [2.45, 2.75) is 52.7 Å². The molecule has 3 aromatic rings. The largest absolute Gasteiger partial charge is 0.377 e. The number of ether oxygens (including phenoxy) is 1. The van der Waals surface area contributed by atoms with Gasteiger partial charge >= 0.3 is 0 Å². The second kappa shape index (κ2) is 11.8. The molecular formula is C29H37N7O3. The van der Waals surface area contributed by atoms with Gasteiger partial charge in [-0.05, 0) is 57.4 Å². The molecule has 2 N–H and O–H groups in total. The number of nitrogens with one attached hydrogen (secondary N) is 2. The maximum Gasteiger partial charge on any atom is 0.273 e. The fraction of sp³-hybridized carbons (Fsp3) is 0.414. The van der Waals surface area contributed by atoms with Crippen molar-refractivity contribution in [3.8, 4) is 11.1 Å². The molecule has 1 unspecified atom stereocenters. The average Bonchev–Trinajstić information content (AvgIpc) is 3.30. The molecule has 1 aromatic carbocycles. The number of aryl methyl sites for hydroxylation is 1. The van der Waals surface area contributed by atoms with Gasteiger partial charge in [-0.25, -0.2) is 4.68 Å². The average molecular weight is 532 g/mol. The number of amides is 2. The Hall–Kier alpha value is -4.05. The summed E-state index contributed by atoms with van der Waals surface area (Å²) in [4.78, 5) is 31.4. The van der Waals surface area contributed by atoms with Gasteiger partial charge in [-0.1, -0.05) is 30.0 Å². The molecule has 0 radical (unpaired) electrons. The summed E-state index contributed by atoms with van der Waals surface area (Å²) < 4.78 is 7.45. The molecule has 206 valence electrons. The third kappa shape index (κ3) is 6.88. The Bertz CT molecular complexity index is 1360. The molecule has 4 rings (SSSR count). The van der Waals surface area contributed by atoms with Crippen LogP contribution in [0.5, 0.6) is 0 Å². The van der Waals surface area contributed by atoms with Crippen LogP contribution in [0.25, 0.3) is 11.1 Å². The molecule has 0 aliphatic carbocycles. The molecule has 1 fully saturated rings. The summed E-state index contributed by atoms with van der Waals surface area (Å²) in [6.07, 6.45) is 5.30. The molecule has 0 spiro atoms. The third-order valence-corrected chi connectivity index (χ3v) is 6.64. The first-order valence-corrected chi connectivity index (χ1v) is 13.1. The van der Waals surface area contributed by atoms with E-state index in [4.69, 9.17) is 4.74 Å². The highest BCUT2D eigenvalue weighted by atomic mass is 16.5. The van der Waals surface area contributed by atoms with E-state index in [-0.39, 0.29) is 23.4 Å². The van der Waals surface area contributed by atoms with Crippen LogP contribution < -0.4 is 15.5 Å². The predicted octanol–water partition coefficient (Wildman–Crippen LogP) is 3.23. The lowest BCUT2D eigenvalue weighted by atomic mass is 9.99. The molecule has 1 atom stereocenters. The van der Waals surface area contributed by atoms with Crippen molar-refractivity contribution in [3.63, 3.8) is 0 Å². The van der Waals surface area contributed by atoms with Crippen molar-refractivity contribution in [1.29, 1.82) is 0 Å². The lowest BCUT2D eigenvalue weighted by molar-refractivity contribution is -0.118. The molecule has 10 nitrogen and oxygen atoms in total. The Kier molecular flexibility index (Phi) is 8.44. The van der Waals surface area contributed by atoms with E-state index in [1.807, 2.05) is 46.0 Å². The molecule has 2 amide bonds. The maximum absolute atomic E-state index is 12.7. The third-order valence-electron chi connectivity index (χ3n) is 6.64. The van der Waals surface area contributed by atoms with E-state index in [2.05, 4.69) is 49.5 Å². The normalized spacial score (nSPS) is 15.9. The number of rotatable bonds is 7. The van der Waals surface area contributed by atoms with E-state index in [0.717, 1.165) is 27.9 Å². The highest BCUT2D eigenvalue weighted by molar-refractivity contribution is 5.92. The highest BCUT2D eigenvalue weighted by Gasteiger charge is 2.23. The Labute approximate surface area is 229 Å². The van der Waals surface area contributed by atoms with Gasteiger partial charge in [0.05, 0.1) is 42.9 Å². The zero-order valence-corrected chi connectivity index (χ0v) is 23.3. The van der Waals surface area contributed by atoms with Crippen LogP contribution in [0, 0.1) is 6.92 Å². The first-order chi connectivity index (χ1) is 18.5. The van der Waals surface area contributed by atoms with E-state index >= 15 is 0 Å². The number of aromatic nitrogens is 4. The SMILES string of the molecule is C=C(C)C(=O)NC1COCCN(c2cnccc2-c2ccc(CNC(=O)c3cn(C(C)(C)C)nn3)c(C)c2)C1. The van der Waals surface area contributed by atoms with Crippen LogP contribution in [-0.2, 0) is 21.6 Å². The minimum absolute atomic E-state index is 0.164. The zero-order valence-electron chi connectivity index (χ0n) is 23.3. The molecule has 0 saturated carbocycles. The lowest BCUT2D eigenvalue weighted by Gasteiger charge is -2.28. The van der Waals surface area contributed by atoms with Crippen molar-refractivity contribution in [2.75, 3.05) is 31.2 Å². The van der Waals surface area contributed by atoms with Crippen LogP contribution in [0.3, 0.4) is 0 Å². The van der Waals surface area contributed by atoms with E-state index < -0.39 is 0 Å². The van der Waals surface area contributed by atoms with Crippen LogP contribution in [0.4, 0.5) is 5.69 Å². The monoisotopic (exact) mass is 531 g/mol. The number of pyridine rings is 1. The van der Waals surface area contributed by atoms with E-state index in [1.54, 1.807) is 24.0 Å². The van der Waals surface area contributed by atoms with Crippen LogP contribution >= 0.6 is 0 Å². The van der Waals surface area contributed by atoms with Crippen LogP contribution in [0.2, 0.25) is 0 Å². The summed E-state index contributed by atoms with van der Waals surface area (Å²) >= 11 is 0. The van der Waals surface area contributed by atoms with Gasteiger partial charge in [-0.15, -0.1) is 5.10 Å². The number of hydrogen-bond donors (Lipinski definition) is 2. The van der Waals surface area contributed by atoms with Gasteiger partial charge in [0.1, 0.15) is 0 Å². The highest BCUT2D eigenvalue weighted by Crippen LogP contribution is 2.32. The van der Waals surface area contributed by atoms with E-state index in [9.17, 15) is 9.59 Å². The fourth-order valence-corrected chi connectivity index (χ4v) is 4.33. The van der Waals surface area contributed by atoms with E-state index in [0.29, 0.717) is 44.1 Å². The van der Waals surface area contributed by atoms with Gasteiger partial charge in [0, 0.05) is 37.0 Å². The number of benzene rings is 1. The zero-order chi connectivity index (χ0) is 28.2. The minimum Gasteiger partial charge on any atom is -0.377 e. The number of carbonyl (C=O) groups is 2. The Morgan fingerprint density at radius 2 is 2.03 bits per heavy atom. The Morgan fingerprint density at radius 1 is 1.23 bits per heavy atom. The van der Waals surface area contributed by atoms with Crippen LogP contribution in [-0.4, -0.2) is 64.1 Å². The number of nitrogens with zero attached hydrogens (tertiary/aromatic N) is 5. The summed E-state index contributed by atoms with van der Waals surface area (Å²) in [6, 6.07) is 8.03. The molecule has 39 heavy (non-hydrogen) atoms. The minimum atomic E-state index is -0.262. The van der Waals surface area contributed by atoms with Crippen LogP contribution in [0.1, 0.15) is 49.3 Å². The van der Waals surface area contributed by atoms with E-state index in [1.165, 1.54) is 0 Å². The maximum atomic E-state index is 12.7. The Balaban J connectivity index is 1.48. The summed E-state index contributed by atoms with van der Waals surface area (Å²) in [5, 5.41) is 14.0. The summed E-state index contributed by atoms with van der Waals surface area (Å²) in [7, 11) is 0. The molecule has 1 aliphatic rings. The molecule has 1 saturated heterocycles. The second-order valence-electron chi connectivity index (χ2n) is 10.9. The topological polar surface area (TPSA) is 114 Å². The Morgan fingerprint density at radius 3 is 2.72 bits per heavy atom. The van der Waals surface area contributed by atoms with Gasteiger partial charge in [0.25, 0.3) is 5.91 Å². The molecule has 0 bridgehead atoms. The molecule has 2 aromatic heterocycles. The van der Waals surface area contributed by atoms with Crippen molar-refractivity contribution < 1.29 is 14.3 Å². The molecule has 3 heterocycles. The van der Waals surface area contributed by atoms with Crippen molar-refractivity contribution in [3.05, 3.63) is 71.8 Å². The van der Waals surface area contributed by atoms with Gasteiger partial charge in [-0.2, -0.15) is 0 Å². The van der Waals surface area contributed by atoms with Crippen LogP contribution in [0.15, 0.2) is 55.0 Å². The number of anilines is 1. The lowest BCUT2D eigenvalue weighted by Crippen LogP contribution is -2.45. The van der Waals surface area contributed by atoms with Gasteiger partial charge in [-0.3, -0.25) is 14.6 Å². The van der Waals surface area contributed by atoms with Crippen molar-refractivity contribution in [2.24, 2.45) is 0 Å². The summed E-state index contributed by atoms with van der Waals surface area (Å²) in [6.45, 7) is 16.1. The molecule has 1 aliphatic heterocycles. The van der Waals surface area contributed by atoms with Gasteiger partial charge in [0.15, 0.2) is 5.69 Å². The molecular weight excluding hydrogens is 494 g/mol. The van der Waals surface area contributed by atoms with Gasteiger partial charge in [0.2, 0.25) is 5.91 Å². The van der Waals surface area contributed by atoms with Gasteiger partial charge < -0.3 is 20.3 Å². The quantitative estimate of drug-likeness (QED) is 0.450. The molecule has 10 heteroatoms. The first-order valence-electron chi connectivity index (χ1n) is 13.1. The first kappa shape index (κ1) is 28.0. The number of hydrogen-bond acceptors (Lipinski definition) is 7. The summed E-state index contributed by atoms with van der Waals surface area (Å²) in [5.74, 6) is -0.434. The predicted molar refractivity (Wildman–Crippen MR) is 150 cm³/mol. The van der Waals surface area contributed by atoms with Crippen molar-refractivity contribution >= 4 is 17.5 Å². The summed E-state index contributed by atoms with van der Waals surface area (Å²) in [5.41, 5.74) is 5.63.